The molecule has 130 valence electrons. The third-order valence-corrected chi connectivity index (χ3v) is 5.39. The fourth-order valence-corrected chi connectivity index (χ4v) is 3.60. The molecule has 1 N–H and O–H groups in total. The van der Waals surface area contributed by atoms with Crippen LogP contribution in [0.2, 0.25) is 0 Å². The molecule has 1 heterocycles. The van der Waals surface area contributed by atoms with Crippen LogP contribution in [0.3, 0.4) is 0 Å². The highest BCUT2D eigenvalue weighted by Crippen LogP contribution is 2.17. The first-order valence-corrected chi connectivity index (χ1v) is 9.03. The predicted molar refractivity (Wildman–Crippen MR) is 91.6 cm³/mol. The van der Waals surface area contributed by atoms with Gasteiger partial charge >= 0.3 is 5.69 Å². The minimum atomic E-state index is -3.97. The molecule has 0 spiro atoms. The van der Waals surface area contributed by atoms with Crippen molar-refractivity contribution in [2.75, 3.05) is 6.54 Å². The number of aryl methyl sites for hydroxylation is 1. The Labute approximate surface area is 140 Å². The Hall–Kier alpha value is -2.19. The van der Waals surface area contributed by atoms with Crippen LogP contribution >= 0.6 is 0 Å². The summed E-state index contributed by atoms with van der Waals surface area (Å²) in [6, 6.07) is 9.77. The third-order valence-electron chi connectivity index (χ3n) is 3.94. The summed E-state index contributed by atoms with van der Waals surface area (Å²) in [5.74, 6) is 0.178. The Morgan fingerprint density at radius 1 is 1.12 bits per heavy atom. The van der Waals surface area contributed by atoms with Gasteiger partial charge in [-0.1, -0.05) is 37.3 Å². The first kappa shape index (κ1) is 18.2. The molecule has 8 heteroatoms. The molecule has 0 radical (unpaired) electrons. The first-order chi connectivity index (χ1) is 11.2. The van der Waals surface area contributed by atoms with Crippen molar-refractivity contribution in [1.82, 2.24) is 13.9 Å². The largest absolute Gasteiger partial charge is 0.330 e. The zero-order chi connectivity index (χ0) is 17.9. The fraction of sp³-hybridized carbons (Fsp3) is 0.375. The van der Waals surface area contributed by atoms with Crippen molar-refractivity contribution in [3.8, 4) is 0 Å². The average Bonchev–Trinajstić information content (AvgIpc) is 2.56. The van der Waals surface area contributed by atoms with E-state index in [-0.39, 0.29) is 12.5 Å². The summed E-state index contributed by atoms with van der Waals surface area (Å²) in [7, 11) is -1.32. The summed E-state index contributed by atoms with van der Waals surface area (Å²) >= 11 is 0. The SMILES string of the molecule is C[C@@H](CCNS(=O)(=O)c1cn(C)c(=O)n(C)c1=O)c1ccccc1. The molecule has 0 aliphatic rings. The molecule has 1 aromatic heterocycles. The lowest BCUT2D eigenvalue weighted by molar-refractivity contribution is 0.563. The van der Waals surface area contributed by atoms with E-state index < -0.39 is 26.2 Å². The second-order valence-corrected chi connectivity index (χ2v) is 7.48. The fourth-order valence-electron chi connectivity index (χ4n) is 2.40. The Bertz CT molecular complexity index is 930. The van der Waals surface area contributed by atoms with Gasteiger partial charge in [0, 0.05) is 26.8 Å². The molecule has 1 atom stereocenters. The summed E-state index contributed by atoms with van der Waals surface area (Å²) in [4.78, 5) is 23.2. The molecule has 2 aromatic rings. The normalized spacial score (nSPS) is 13.0. The average molecular weight is 351 g/mol. The maximum absolute atomic E-state index is 12.3. The van der Waals surface area contributed by atoms with E-state index in [1.54, 1.807) is 0 Å². The van der Waals surface area contributed by atoms with Crippen LogP contribution in [0.25, 0.3) is 0 Å². The maximum Gasteiger partial charge on any atom is 0.330 e. The highest BCUT2D eigenvalue weighted by molar-refractivity contribution is 7.89. The molecule has 0 aliphatic carbocycles. The van der Waals surface area contributed by atoms with Crippen molar-refractivity contribution in [2.24, 2.45) is 14.1 Å². The van der Waals surface area contributed by atoms with Crippen molar-refractivity contribution in [1.29, 1.82) is 0 Å². The molecular weight excluding hydrogens is 330 g/mol. The van der Waals surface area contributed by atoms with Gasteiger partial charge in [-0.25, -0.2) is 17.9 Å². The van der Waals surface area contributed by atoms with Crippen molar-refractivity contribution in [3.63, 3.8) is 0 Å². The van der Waals surface area contributed by atoms with Crippen molar-refractivity contribution >= 4 is 10.0 Å². The first-order valence-electron chi connectivity index (χ1n) is 7.55. The van der Waals surface area contributed by atoms with Crippen LogP contribution in [0.5, 0.6) is 0 Å². The molecule has 7 nitrogen and oxygen atoms in total. The van der Waals surface area contributed by atoms with Crippen molar-refractivity contribution in [3.05, 3.63) is 62.9 Å². The van der Waals surface area contributed by atoms with Crippen LogP contribution in [0.1, 0.15) is 24.8 Å². The molecule has 0 unspecified atom stereocenters. The van der Waals surface area contributed by atoms with Gasteiger partial charge < -0.3 is 4.57 Å². The quantitative estimate of drug-likeness (QED) is 0.823. The summed E-state index contributed by atoms with van der Waals surface area (Å²) in [5, 5.41) is 0. The van der Waals surface area contributed by atoms with Crippen LogP contribution in [0.4, 0.5) is 0 Å². The van der Waals surface area contributed by atoms with Gasteiger partial charge in [0.2, 0.25) is 10.0 Å². The van der Waals surface area contributed by atoms with E-state index in [1.165, 1.54) is 14.1 Å². The number of aromatic nitrogens is 2. The Morgan fingerprint density at radius 2 is 1.75 bits per heavy atom. The number of nitrogens with one attached hydrogen (secondary N) is 1. The van der Waals surface area contributed by atoms with E-state index in [1.807, 2.05) is 37.3 Å². The van der Waals surface area contributed by atoms with Crippen LogP contribution in [-0.4, -0.2) is 24.1 Å². The van der Waals surface area contributed by atoms with E-state index >= 15 is 0 Å². The lowest BCUT2D eigenvalue weighted by Gasteiger charge is -2.13. The summed E-state index contributed by atoms with van der Waals surface area (Å²) < 4.78 is 29.0. The molecule has 0 bridgehead atoms. The summed E-state index contributed by atoms with van der Waals surface area (Å²) in [6.07, 6.45) is 1.64. The number of hydrogen-bond acceptors (Lipinski definition) is 4. The second-order valence-electron chi connectivity index (χ2n) is 5.75. The maximum atomic E-state index is 12.3. The van der Waals surface area contributed by atoms with Gasteiger partial charge in [-0.3, -0.25) is 9.36 Å². The van der Waals surface area contributed by atoms with E-state index in [4.69, 9.17) is 0 Å². The zero-order valence-corrected chi connectivity index (χ0v) is 14.7. The molecule has 0 fully saturated rings. The Balaban J connectivity index is 2.13. The summed E-state index contributed by atoms with van der Waals surface area (Å²) in [5.41, 5.74) is -0.284. The predicted octanol–water partition coefficient (Wildman–Crippen LogP) is 0.556. The molecule has 0 amide bonds. The van der Waals surface area contributed by atoms with Gasteiger partial charge in [-0.05, 0) is 17.9 Å². The number of sulfonamides is 1. The van der Waals surface area contributed by atoms with Gasteiger partial charge in [-0.15, -0.1) is 0 Å². The number of rotatable bonds is 6. The van der Waals surface area contributed by atoms with Gasteiger partial charge in [0.15, 0.2) is 4.90 Å². The number of hydrogen-bond donors (Lipinski definition) is 1. The number of benzene rings is 1. The molecule has 0 saturated carbocycles. The standard InChI is InChI=1S/C16H21N3O4S/c1-12(13-7-5-4-6-8-13)9-10-17-24(22,23)14-11-18(2)16(21)19(3)15(14)20/h4-8,11-12,17H,9-10H2,1-3H3/t12-/m0/s1. The number of nitrogens with zero attached hydrogens (tertiary/aromatic N) is 2. The molecule has 1 aromatic carbocycles. The van der Waals surface area contributed by atoms with Crippen LogP contribution in [-0.2, 0) is 24.1 Å². The second kappa shape index (κ2) is 7.14. The van der Waals surface area contributed by atoms with Crippen molar-refractivity contribution < 1.29 is 8.42 Å². The lowest BCUT2D eigenvalue weighted by Crippen LogP contribution is -2.41. The van der Waals surface area contributed by atoms with E-state index in [0.717, 1.165) is 20.9 Å². The van der Waals surface area contributed by atoms with E-state index in [9.17, 15) is 18.0 Å². The van der Waals surface area contributed by atoms with Gasteiger partial charge in [0.05, 0.1) is 0 Å². The monoisotopic (exact) mass is 351 g/mol. The molecular formula is C16H21N3O4S. The molecule has 0 aliphatic heterocycles. The van der Waals surface area contributed by atoms with Gasteiger partial charge in [-0.2, -0.15) is 0 Å². The lowest BCUT2D eigenvalue weighted by atomic mass is 9.98. The van der Waals surface area contributed by atoms with Gasteiger partial charge in [0.25, 0.3) is 5.56 Å². The molecule has 24 heavy (non-hydrogen) atoms. The van der Waals surface area contributed by atoms with Crippen molar-refractivity contribution in [2.45, 2.75) is 24.2 Å². The topological polar surface area (TPSA) is 90.2 Å². The molecule has 2 rings (SSSR count). The van der Waals surface area contributed by atoms with Gasteiger partial charge in [0.1, 0.15) is 0 Å². The minimum absolute atomic E-state index is 0.178. The van der Waals surface area contributed by atoms with Crippen LogP contribution < -0.4 is 16.0 Å². The molecule has 0 saturated heterocycles. The van der Waals surface area contributed by atoms with E-state index in [0.29, 0.717) is 6.42 Å². The Morgan fingerprint density at radius 3 is 2.38 bits per heavy atom. The smallest absolute Gasteiger partial charge is 0.302 e. The van der Waals surface area contributed by atoms with Crippen LogP contribution in [0, 0.1) is 0 Å². The van der Waals surface area contributed by atoms with E-state index in [2.05, 4.69) is 4.72 Å². The highest BCUT2D eigenvalue weighted by Gasteiger charge is 2.21. The Kier molecular flexibility index (Phi) is 5.40. The van der Waals surface area contributed by atoms with Crippen LogP contribution in [0.15, 0.2) is 51.0 Å². The third kappa shape index (κ3) is 3.82. The zero-order valence-electron chi connectivity index (χ0n) is 13.9. The summed E-state index contributed by atoms with van der Waals surface area (Å²) in [6.45, 7) is 2.21. The highest BCUT2D eigenvalue weighted by atomic mass is 32.2. The minimum Gasteiger partial charge on any atom is -0.302 e.